The Morgan fingerprint density at radius 3 is 2.68 bits per heavy atom. The van der Waals surface area contributed by atoms with Gasteiger partial charge in [0.15, 0.2) is 11.6 Å². The molecule has 0 aliphatic carbocycles. The molecule has 28 heavy (non-hydrogen) atoms. The second-order valence-electron chi connectivity index (χ2n) is 7.20. The predicted octanol–water partition coefficient (Wildman–Crippen LogP) is 2.83. The first-order chi connectivity index (χ1) is 13.7. The summed E-state index contributed by atoms with van der Waals surface area (Å²) in [5.41, 5.74) is 0.855. The fourth-order valence-electron chi connectivity index (χ4n) is 3.85. The van der Waals surface area contributed by atoms with E-state index in [0.717, 1.165) is 12.8 Å². The number of carbonyl (C=O) groups excluding carboxylic acids is 1. The molecule has 150 valence electrons. The van der Waals surface area contributed by atoms with E-state index in [1.807, 2.05) is 22.8 Å². The minimum Gasteiger partial charge on any atom is -0.378 e. The molecule has 1 amide bonds. The Bertz CT molecular complexity index is 827. The molecule has 2 aromatic rings. The van der Waals surface area contributed by atoms with Crippen LogP contribution in [-0.4, -0.2) is 60.3 Å². The van der Waals surface area contributed by atoms with Gasteiger partial charge < -0.3 is 19.1 Å². The highest BCUT2D eigenvalue weighted by Gasteiger charge is 2.27. The van der Waals surface area contributed by atoms with Gasteiger partial charge in [-0.15, -0.1) is 0 Å². The first-order valence-electron chi connectivity index (χ1n) is 9.90. The number of piperidine rings is 1. The van der Waals surface area contributed by atoms with E-state index in [-0.39, 0.29) is 23.5 Å². The van der Waals surface area contributed by atoms with Gasteiger partial charge in [-0.25, -0.2) is 4.39 Å². The zero-order valence-corrected chi connectivity index (χ0v) is 16.1. The molecule has 2 saturated heterocycles. The average molecular weight is 388 g/mol. The first-order valence-corrected chi connectivity index (χ1v) is 9.90. The lowest BCUT2D eigenvalue weighted by Crippen LogP contribution is -2.37. The quantitative estimate of drug-likeness (QED) is 0.802. The third-order valence-corrected chi connectivity index (χ3v) is 5.52. The third-order valence-electron chi connectivity index (χ3n) is 5.52. The number of benzene rings is 1. The summed E-state index contributed by atoms with van der Waals surface area (Å²) in [6.45, 7) is 5.76. The van der Waals surface area contributed by atoms with Gasteiger partial charge in [-0.1, -0.05) is 18.1 Å². The van der Waals surface area contributed by atoms with Crippen molar-refractivity contribution in [3.63, 3.8) is 0 Å². The van der Waals surface area contributed by atoms with Gasteiger partial charge in [0.25, 0.3) is 5.89 Å². The van der Waals surface area contributed by atoms with Crippen molar-refractivity contribution >= 4 is 11.6 Å². The Kier molecular flexibility index (Phi) is 5.57. The second-order valence-corrected chi connectivity index (χ2v) is 7.20. The maximum atomic E-state index is 15.1. The molecule has 1 aromatic heterocycles. The first kappa shape index (κ1) is 18.9. The molecule has 3 heterocycles. The number of anilines is 1. The largest absolute Gasteiger partial charge is 0.378 e. The normalized spacial score (nSPS) is 18.5. The molecule has 0 bridgehead atoms. The number of likely N-dealkylation sites (tertiary alicyclic amines) is 1. The number of morpholine rings is 1. The van der Waals surface area contributed by atoms with E-state index in [0.29, 0.717) is 62.9 Å². The van der Waals surface area contributed by atoms with Crippen LogP contribution in [0.2, 0.25) is 0 Å². The van der Waals surface area contributed by atoms with E-state index in [1.54, 1.807) is 12.1 Å². The van der Waals surface area contributed by atoms with E-state index in [1.165, 1.54) is 0 Å². The standard InChI is InChI=1S/C20H25FN4O3/c1-2-17(26)25-8-6-14(7-9-25)19-22-20(28-23-19)15-4-3-5-16(18(15)21)24-10-12-27-13-11-24/h3-5,14H,2,6-13H2,1H3. The van der Waals surface area contributed by atoms with E-state index in [2.05, 4.69) is 10.1 Å². The zero-order chi connectivity index (χ0) is 19.5. The van der Waals surface area contributed by atoms with Crippen molar-refractivity contribution in [3.05, 3.63) is 29.8 Å². The highest BCUT2D eigenvalue weighted by Crippen LogP contribution is 2.32. The number of amides is 1. The van der Waals surface area contributed by atoms with Crippen molar-refractivity contribution in [2.75, 3.05) is 44.3 Å². The van der Waals surface area contributed by atoms with Crippen molar-refractivity contribution in [1.29, 1.82) is 0 Å². The second kappa shape index (κ2) is 8.26. The Labute approximate surface area is 163 Å². The topological polar surface area (TPSA) is 71.7 Å². The number of ether oxygens (including phenoxy) is 1. The molecule has 8 heteroatoms. The molecule has 0 unspecified atom stereocenters. The van der Waals surface area contributed by atoms with Crippen LogP contribution >= 0.6 is 0 Å². The average Bonchev–Trinajstić information content (AvgIpc) is 3.24. The van der Waals surface area contributed by atoms with Crippen molar-refractivity contribution in [2.45, 2.75) is 32.1 Å². The van der Waals surface area contributed by atoms with Crippen LogP contribution in [0.5, 0.6) is 0 Å². The number of hydrogen-bond donors (Lipinski definition) is 0. The summed E-state index contributed by atoms with van der Waals surface area (Å²) < 4.78 is 25.9. The van der Waals surface area contributed by atoms with Crippen LogP contribution in [0.4, 0.5) is 10.1 Å². The van der Waals surface area contributed by atoms with Gasteiger partial charge in [-0.2, -0.15) is 4.98 Å². The highest BCUT2D eigenvalue weighted by atomic mass is 19.1. The summed E-state index contributed by atoms with van der Waals surface area (Å²) in [4.78, 5) is 20.1. The number of carbonyl (C=O) groups is 1. The van der Waals surface area contributed by atoms with Gasteiger partial charge in [-0.05, 0) is 25.0 Å². The van der Waals surface area contributed by atoms with Crippen LogP contribution in [-0.2, 0) is 9.53 Å². The molecule has 0 spiro atoms. The van der Waals surface area contributed by atoms with Crippen LogP contribution in [0.1, 0.15) is 37.9 Å². The van der Waals surface area contributed by atoms with Crippen LogP contribution in [0, 0.1) is 5.82 Å². The fourth-order valence-corrected chi connectivity index (χ4v) is 3.85. The lowest BCUT2D eigenvalue weighted by atomic mass is 9.96. The maximum Gasteiger partial charge on any atom is 0.260 e. The molecular formula is C20H25FN4O3. The monoisotopic (exact) mass is 388 g/mol. The third kappa shape index (κ3) is 3.73. The van der Waals surface area contributed by atoms with Crippen LogP contribution < -0.4 is 4.90 Å². The number of rotatable bonds is 4. The summed E-state index contributed by atoms with van der Waals surface area (Å²) in [5, 5.41) is 4.10. The van der Waals surface area contributed by atoms with Crippen molar-refractivity contribution in [1.82, 2.24) is 15.0 Å². The zero-order valence-electron chi connectivity index (χ0n) is 16.1. The molecule has 7 nitrogen and oxygen atoms in total. The molecule has 1 aromatic carbocycles. The van der Waals surface area contributed by atoms with Crippen LogP contribution in [0.25, 0.3) is 11.5 Å². The van der Waals surface area contributed by atoms with Gasteiger partial charge in [0, 0.05) is 38.5 Å². The molecule has 2 fully saturated rings. The highest BCUT2D eigenvalue weighted by molar-refractivity contribution is 5.75. The molecule has 2 aliphatic heterocycles. The van der Waals surface area contributed by atoms with Gasteiger partial charge in [0.2, 0.25) is 5.91 Å². The molecule has 0 radical (unpaired) electrons. The molecule has 0 atom stereocenters. The van der Waals surface area contributed by atoms with Gasteiger partial charge in [-0.3, -0.25) is 4.79 Å². The van der Waals surface area contributed by atoms with Gasteiger partial charge in [0.1, 0.15) is 0 Å². The summed E-state index contributed by atoms with van der Waals surface area (Å²) in [5.74, 6) is 0.755. The molecular weight excluding hydrogens is 363 g/mol. The summed E-state index contributed by atoms with van der Waals surface area (Å²) in [6.07, 6.45) is 2.11. The lowest BCUT2D eigenvalue weighted by molar-refractivity contribution is -0.131. The Hall–Kier alpha value is -2.48. The summed E-state index contributed by atoms with van der Waals surface area (Å²) in [6, 6.07) is 5.24. The molecule has 0 saturated carbocycles. The molecule has 4 rings (SSSR count). The summed E-state index contributed by atoms with van der Waals surface area (Å²) >= 11 is 0. The molecule has 0 N–H and O–H groups in total. The Morgan fingerprint density at radius 1 is 1.21 bits per heavy atom. The number of halogens is 1. The van der Waals surface area contributed by atoms with E-state index < -0.39 is 0 Å². The smallest absolute Gasteiger partial charge is 0.260 e. The van der Waals surface area contributed by atoms with E-state index in [4.69, 9.17) is 9.26 Å². The van der Waals surface area contributed by atoms with Gasteiger partial charge >= 0.3 is 0 Å². The molecule has 2 aliphatic rings. The van der Waals surface area contributed by atoms with Gasteiger partial charge in [0.05, 0.1) is 24.5 Å². The van der Waals surface area contributed by atoms with Crippen LogP contribution in [0.3, 0.4) is 0 Å². The van der Waals surface area contributed by atoms with Crippen molar-refractivity contribution in [3.8, 4) is 11.5 Å². The number of nitrogens with zero attached hydrogens (tertiary/aromatic N) is 4. The van der Waals surface area contributed by atoms with Crippen molar-refractivity contribution in [2.24, 2.45) is 0 Å². The minimum atomic E-state index is -0.344. The van der Waals surface area contributed by atoms with E-state index >= 15 is 4.39 Å². The van der Waals surface area contributed by atoms with Crippen LogP contribution in [0.15, 0.2) is 22.7 Å². The fraction of sp³-hybridized carbons (Fsp3) is 0.550. The summed E-state index contributed by atoms with van der Waals surface area (Å²) in [7, 11) is 0. The van der Waals surface area contributed by atoms with Crippen molar-refractivity contribution < 1.29 is 18.4 Å². The number of aromatic nitrogens is 2. The SMILES string of the molecule is CCC(=O)N1CCC(c2noc(-c3cccc(N4CCOCC4)c3F)n2)CC1. The maximum absolute atomic E-state index is 15.1. The predicted molar refractivity (Wildman–Crippen MR) is 102 cm³/mol. The Morgan fingerprint density at radius 2 is 1.96 bits per heavy atom. The Balaban J connectivity index is 1.50. The lowest BCUT2D eigenvalue weighted by Gasteiger charge is -2.30. The minimum absolute atomic E-state index is 0.129. The number of hydrogen-bond acceptors (Lipinski definition) is 6. The van der Waals surface area contributed by atoms with E-state index in [9.17, 15) is 4.79 Å².